The van der Waals surface area contributed by atoms with Gasteiger partial charge in [-0.2, -0.15) is 0 Å². The first-order valence-corrected chi connectivity index (χ1v) is 9.81. The highest BCUT2D eigenvalue weighted by Crippen LogP contribution is 2.38. The number of anilines is 1. The van der Waals surface area contributed by atoms with Gasteiger partial charge < -0.3 is 14.5 Å². The lowest BCUT2D eigenvalue weighted by molar-refractivity contribution is 0.0458. The average molecular weight is 397 g/mol. The summed E-state index contributed by atoms with van der Waals surface area (Å²) in [6.45, 7) is 10.1. The third-order valence-corrected chi connectivity index (χ3v) is 4.91. The van der Waals surface area contributed by atoms with Crippen molar-refractivity contribution in [3.8, 4) is 0 Å². The number of carbonyl (C=O) groups is 3. The Morgan fingerprint density at radius 1 is 1.17 bits per heavy atom. The van der Waals surface area contributed by atoms with Crippen molar-refractivity contribution in [3.63, 3.8) is 0 Å². The maximum absolute atomic E-state index is 12.7. The van der Waals surface area contributed by atoms with E-state index >= 15 is 0 Å². The second kappa shape index (κ2) is 7.85. The van der Waals surface area contributed by atoms with E-state index in [2.05, 4.69) is 5.32 Å². The summed E-state index contributed by atoms with van der Waals surface area (Å²) in [7, 11) is 0. The van der Waals surface area contributed by atoms with Crippen molar-refractivity contribution in [3.05, 3.63) is 52.5 Å². The van der Waals surface area contributed by atoms with Gasteiger partial charge in [-0.15, -0.1) is 0 Å². The van der Waals surface area contributed by atoms with Crippen molar-refractivity contribution in [2.24, 2.45) is 11.3 Å². The summed E-state index contributed by atoms with van der Waals surface area (Å²) in [5, 5.41) is 2.76. The van der Waals surface area contributed by atoms with Gasteiger partial charge >= 0.3 is 5.97 Å². The summed E-state index contributed by atoms with van der Waals surface area (Å²) < 4.78 is 11.0. The second-order valence-electron chi connectivity index (χ2n) is 8.82. The number of nitrogens with one attached hydrogen (secondary N) is 1. The Morgan fingerprint density at radius 3 is 2.45 bits per heavy atom. The molecule has 2 aromatic rings. The van der Waals surface area contributed by atoms with Gasteiger partial charge in [0.25, 0.3) is 5.91 Å². The van der Waals surface area contributed by atoms with Gasteiger partial charge in [0, 0.05) is 24.1 Å². The number of hydrogen-bond donors (Lipinski definition) is 1. The molecule has 0 unspecified atom stereocenters. The number of Topliss-reactive ketones (excluding diaryl/α,β-unsaturated/α-hetero) is 1. The average Bonchev–Trinajstić information content (AvgIpc) is 2.95. The highest BCUT2D eigenvalue weighted by Gasteiger charge is 2.37. The summed E-state index contributed by atoms with van der Waals surface area (Å²) in [6, 6.07) is 6.47. The van der Waals surface area contributed by atoms with E-state index in [4.69, 9.17) is 9.15 Å². The lowest BCUT2D eigenvalue weighted by Gasteiger charge is -2.27. The fraction of sp³-hybridized carbons (Fsp3) is 0.435. The standard InChI is InChI=1S/C23H27NO5/c1-13(2)12-28-22(27)15-6-8-16(9-7-15)24-21(26)20-14(3)19-17(25)10-23(4,5)11-18(19)29-20/h6-9,13H,10-12H2,1-5H3,(H,24,26). The normalized spacial score (nSPS) is 15.2. The summed E-state index contributed by atoms with van der Waals surface area (Å²) in [6.07, 6.45) is 1.06. The van der Waals surface area contributed by atoms with Crippen molar-refractivity contribution >= 4 is 23.3 Å². The molecule has 154 valence electrons. The highest BCUT2D eigenvalue weighted by atomic mass is 16.5. The van der Waals surface area contributed by atoms with Crippen molar-refractivity contribution in [2.45, 2.75) is 47.5 Å². The van der Waals surface area contributed by atoms with E-state index in [9.17, 15) is 14.4 Å². The van der Waals surface area contributed by atoms with Crippen LogP contribution in [0.25, 0.3) is 0 Å². The van der Waals surface area contributed by atoms with E-state index < -0.39 is 11.9 Å². The number of esters is 1. The molecule has 6 nitrogen and oxygen atoms in total. The van der Waals surface area contributed by atoms with E-state index in [0.717, 1.165) is 0 Å². The molecule has 1 aliphatic carbocycles. The van der Waals surface area contributed by atoms with Crippen LogP contribution in [-0.4, -0.2) is 24.3 Å². The minimum absolute atomic E-state index is 0.0146. The zero-order valence-corrected chi connectivity index (χ0v) is 17.5. The molecule has 3 rings (SSSR count). The number of hydrogen-bond acceptors (Lipinski definition) is 5. The van der Waals surface area contributed by atoms with Crippen molar-refractivity contribution < 1.29 is 23.5 Å². The van der Waals surface area contributed by atoms with Crippen LogP contribution in [-0.2, 0) is 11.2 Å². The quantitative estimate of drug-likeness (QED) is 0.732. The molecule has 1 aliphatic rings. The molecule has 0 saturated carbocycles. The third-order valence-electron chi connectivity index (χ3n) is 4.91. The monoisotopic (exact) mass is 397 g/mol. The fourth-order valence-corrected chi connectivity index (χ4v) is 3.50. The fourth-order valence-electron chi connectivity index (χ4n) is 3.50. The van der Waals surface area contributed by atoms with E-state index in [1.54, 1.807) is 31.2 Å². The molecule has 0 bridgehead atoms. The number of fused-ring (bicyclic) bond motifs is 1. The third kappa shape index (κ3) is 4.58. The van der Waals surface area contributed by atoms with Gasteiger partial charge in [0.2, 0.25) is 0 Å². The summed E-state index contributed by atoms with van der Waals surface area (Å²) >= 11 is 0. The van der Waals surface area contributed by atoms with Crippen LogP contribution in [0.15, 0.2) is 28.7 Å². The number of benzene rings is 1. The Kier molecular flexibility index (Phi) is 5.64. The molecular weight excluding hydrogens is 370 g/mol. The smallest absolute Gasteiger partial charge is 0.338 e. The molecule has 1 N–H and O–H groups in total. The van der Waals surface area contributed by atoms with Gasteiger partial charge in [-0.25, -0.2) is 4.79 Å². The predicted molar refractivity (Wildman–Crippen MR) is 109 cm³/mol. The van der Waals surface area contributed by atoms with Crippen LogP contribution in [0.1, 0.15) is 76.7 Å². The Labute approximate surface area is 170 Å². The number of carbonyl (C=O) groups excluding carboxylic acids is 3. The first-order valence-electron chi connectivity index (χ1n) is 9.81. The van der Waals surface area contributed by atoms with Gasteiger partial charge in [0.05, 0.1) is 17.7 Å². The summed E-state index contributed by atoms with van der Waals surface area (Å²) in [4.78, 5) is 37.2. The molecule has 0 saturated heterocycles. The summed E-state index contributed by atoms with van der Waals surface area (Å²) in [5.41, 5.74) is 1.88. The molecule has 29 heavy (non-hydrogen) atoms. The van der Waals surface area contributed by atoms with E-state index in [-0.39, 0.29) is 22.9 Å². The van der Waals surface area contributed by atoms with E-state index in [0.29, 0.717) is 47.6 Å². The SMILES string of the molecule is Cc1c(C(=O)Nc2ccc(C(=O)OCC(C)C)cc2)oc2c1C(=O)CC(C)(C)C2. The zero-order valence-electron chi connectivity index (χ0n) is 17.5. The number of amides is 1. The molecule has 0 atom stereocenters. The molecular formula is C23H27NO5. The predicted octanol–water partition coefficient (Wildman–Crippen LogP) is 4.81. The molecule has 0 fully saturated rings. The molecule has 1 aromatic carbocycles. The van der Waals surface area contributed by atoms with Crippen LogP contribution in [0.5, 0.6) is 0 Å². The van der Waals surface area contributed by atoms with Crippen LogP contribution in [0.3, 0.4) is 0 Å². The molecule has 6 heteroatoms. The highest BCUT2D eigenvalue weighted by molar-refractivity contribution is 6.07. The molecule has 0 spiro atoms. The Balaban J connectivity index is 1.73. The van der Waals surface area contributed by atoms with Gasteiger partial charge in [-0.1, -0.05) is 27.7 Å². The lowest BCUT2D eigenvalue weighted by atomic mass is 9.76. The maximum Gasteiger partial charge on any atom is 0.338 e. The van der Waals surface area contributed by atoms with Crippen molar-refractivity contribution in [1.82, 2.24) is 0 Å². The van der Waals surface area contributed by atoms with Crippen molar-refractivity contribution in [1.29, 1.82) is 0 Å². The first kappa shape index (κ1) is 20.8. The van der Waals surface area contributed by atoms with E-state index in [1.165, 1.54) is 0 Å². The van der Waals surface area contributed by atoms with Crippen LogP contribution in [0.4, 0.5) is 5.69 Å². The van der Waals surface area contributed by atoms with Crippen LogP contribution in [0.2, 0.25) is 0 Å². The number of rotatable bonds is 5. The Bertz CT molecular complexity index is 950. The lowest BCUT2D eigenvalue weighted by Crippen LogP contribution is -2.26. The van der Waals surface area contributed by atoms with Crippen LogP contribution in [0, 0.1) is 18.3 Å². The maximum atomic E-state index is 12.7. The summed E-state index contributed by atoms with van der Waals surface area (Å²) in [5.74, 6) is 0.196. The zero-order chi connectivity index (χ0) is 21.3. The van der Waals surface area contributed by atoms with Gasteiger partial charge in [0.1, 0.15) is 5.76 Å². The van der Waals surface area contributed by atoms with Gasteiger partial charge in [-0.3, -0.25) is 9.59 Å². The molecule has 1 heterocycles. The van der Waals surface area contributed by atoms with Crippen LogP contribution < -0.4 is 5.32 Å². The molecule has 1 aromatic heterocycles. The Hall–Kier alpha value is -2.89. The van der Waals surface area contributed by atoms with E-state index in [1.807, 2.05) is 27.7 Å². The molecule has 0 aliphatic heterocycles. The van der Waals surface area contributed by atoms with Crippen molar-refractivity contribution in [2.75, 3.05) is 11.9 Å². The Morgan fingerprint density at radius 2 is 1.83 bits per heavy atom. The minimum atomic E-state index is -0.419. The number of ketones is 1. The second-order valence-corrected chi connectivity index (χ2v) is 8.82. The van der Waals surface area contributed by atoms with Gasteiger partial charge in [0.15, 0.2) is 11.5 Å². The minimum Gasteiger partial charge on any atom is -0.462 e. The first-order chi connectivity index (χ1) is 13.6. The number of furan rings is 1. The molecule has 0 radical (unpaired) electrons. The van der Waals surface area contributed by atoms with Crippen LogP contribution >= 0.6 is 0 Å². The number of ether oxygens (including phenoxy) is 1. The topological polar surface area (TPSA) is 85.6 Å². The molecule has 1 amide bonds. The largest absolute Gasteiger partial charge is 0.462 e. The van der Waals surface area contributed by atoms with Gasteiger partial charge in [-0.05, 0) is 42.5 Å².